The maximum Gasteiger partial charge on any atom is 0.294 e. The lowest BCUT2D eigenvalue weighted by molar-refractivity contribution is -0.117. The van der Waals surface area contributed by atoms with Crippen molar-refractivity contribution in [2.24, 2.45) is 0 Å². The summed E-state index contributed by atoms with van der Waals surface area (Å²) in [6.07, 6.45) is 1.42. The monoisotopic (exact) mass is 462 g/mol. The highest BCUT2D eigenvalue weighted by Crippen LogP contribution is 2.43. The van der Waals surface area contributed by atoms with Crippen LogP contribution in [0.3, 0.4) is 0 Å². The summed E-state index contributed by atoms with van der Waals surface area (Å²) < 4.78 is 39.6. The quantitative estimate of drug-likeness (QED) is 0.424. The molecule has 0 saturated heterocycles. The van der Waals surface area contributed by atoms with Crippen LogP contribution in [0.25, 0.3) is 11.0 Å². The Morgan fingerprint density at radius 1 is 1.12 bits per heavy atom. The molecule has 1 amide bonds. The van der Waals surface area contributed by atoms with Gasteiger partial charge in [0.2, 0.25) is 5.78 Å². The van der Waals surface area contributed by atoms with Gasteiger partial charge < -0.3 is 14.3 Å². The van der Waals surface area contributed by atoms with Crippen molar-refractivity contribution in [1.82, 2.24) is 4.98 Å². The third-order valence-corrected chi connectivity index (χ3v) is 5.54. The number of anilines is 1. The molecule has 1 aliphatic rings. The minimum atomic E-state index is -1.33. The number of ketones is 1. The van der Waals surface area contributed by atoms with Crippen molar-refractivity contribution in [1.29, 1.82) is 0 Å². The molecular weight excluding hydrogens is 446 g/mol. The average Bonchev–Trinajstić information content (AvgIpc) is 3.40. The lowest BCUT2D eigenvalue weighted by Crippen LogP contribution is -2.32. The number of fused-ring (bicyclic) bond motifs is 1. The van der Waals surface area contributed by atoms with E-state index in [0.29, 0.717) is 16.7 Å². The summed E-state index contributed by atoms with van der Waals surface area (Å²) in [5.74, 6) is -4.27. The van der Waals surface area contributed by atoms with Crippen LogP contribution < -0.4 is 9.64 Å². The molecule has 0 fully saturated rings. The molecule has 34 heavy (non-hydrogen) atoms. The average molecular weight is 462 g/mol. The minimum absolute atomic E-state index is 0.167. The van der Waals surface area contributed by atoms with Gasteiger partial charge in [-0.25, -0.2) is 8.78 Å². The molecule has 1 unspecified atom stereocenters. The molecule has 2 aromatic heterocycles. The van der Waals surface area contributed by atoms with Gasteiger partial charge in [0.15, 0.2) is 22.9 Å². The highest BCUT2D eigenvalue weighted by atomic mass is 19.1. The summed E-state index contributed by atoms with van der Waals surface area (Å²) in [7, 11) is 1.45. The highest BCUT2D eigenvalue weighted by Gasteiger charge is 2.47. The van der Waals surface area contributed by atoms with Gasteiger partial charge in [0, 0.05) is 17.6 Å². The number of para-hydroxylation sites is 1. The number of amides is 1. The van der Waals surface area contributed by atoms with E-state index in [9.17, 15) is 23.5 Å². The molecule has 1 N–H and O–H groups in total. The first-order chi connectivity index (χ1) is 16.4. The minimum Gasteiger partial charge on any atom is -0.503 e. The lowest BCUT2D eigenvalue weighted by atomic mass is 9.98. The van der Waals surface area contributed by atoms with Crippen LogP contribution in [0.5, 0.6) is 5.75 Å². The first-order valence-corrected chi connectivity index (χ1v) is 10.1. The van der Waals surface area contributed by atoms with Crippen LogP contribution in [-0.2, 0) is 4.79 Å². The summed E-state index contributed by atoms with van der Waals surface area (Å²) in [5, 5.41) is 11.3. The van der Waals surface area contributed by atoms with E-state index in [0.717, 1.165) is 23.1 Å². The number of furan rings is 1. The fourth-order valence-electron chi connectivity index (χ4n) is 4.02. The van der Waals surface area contributed by atoms with Crippen molar-refractivity contribution in [2.45, 2.75) is 6.04 Å². The number of hydrogen-bond donors (Lipinski definition) is 1. The largest absolute Gasteiger partial charge is 0.503 e. The molecule has 170 valence electrons. The number of aromatic nitrogens is 1. The summed E-state index contributed by atoms with van der Waals surface area (Å²) in [6.45, 7) is 0. The second-order valence-electron chi connectivity index (χ2n) is 7.51. The van der Waals surface area contributed by atoms with E-state index in [2.05, 4.69) is 4.98 Å². The Balaban J connectivity index is 1.68. The number of aliphatic hydroxyl groups excluding tert-OH is 1. The molecule has 4 aromatic rings. The third kappa shape index (κ3) is 3.29. The molecule has 7 nitrogen and oxygen atoms in total. The normalized spacial score (nSPS) is 15.9. The molecule has 3 heterocycles. The van der Waals surface area contributed by atoms with Crippen LogP contribution in [0.1, 0.15) is 22.3 Å². The molecule has 5 rings (SSSR count). The van der Waals surface area contributed by atoms with Crippen molar-refractivity contribution in [3.8, 4) is 5.75 Å². The number of benzene rings is 2. The number of pyridine rings is 1. The first kappa shape index (κ1) is 21.3. The van der Waals surface area contributed by atoms with Gasteiger partial charge in [-0.3, -0.25) is 19.5 Å². The number of aliphatic hydroxyl groups is 1. The van der Waals surface area contributed by atoms with Crippen molar-refractivity contribution < 1.29 is 32.6 Å². The van der Waals surface area contributed by atoms with Gasteiger partial charge in [-0.2, -0.15) is 0 Å². The molecule has 0 bridgehead atoms. The first-order valence-electron chi connectivity index (χ1n) is 10.1. The van der Waals surface area contributed by atoms with Crippen molar-refractivity contribution in [3.05, 3.63) is 101 Å². The Morgan fingerprint density at radius 2 is 1.94 bits per heavy atom. The fourth-order valence-corrected chi connectivity index (χ4v) is 4.02. The van der Waals surface area contributed by atoms with Gasteiger partial charge in [0.1, 0.15) is 17.7 Å². The standard InChI is InChI=1S/C25H16F2N2O5/c1-33-18-7-4-5-13-11-19(34-24(13)18)22(30)20-21(16-6-2-3-10-28-16)29(25(32)23(20)31)17-12-14(26)8-9-15(17)27/h2-12,21,31H,1H3. The van der Waals surface area contributed by atoms with Gasteiger partial charge in [0.25, 0.3) is 5.91 Å². The topological polar surface area (TPSA) is 92.9 Å². The van der Waals surface area contributed by atoms with Crippen molar-refractivity contribution >= 4 is 28.3 Å². The second kappa shape index (κ2) is 8.11. The Hall–Kier alpha value is -4.53. The second-order valence-corrected chi connectivity index (χ2v) is 7.51. The molecule has 0 aliphatic carbocycles. The van der Waals surface area contributed by atoms with Crippen LogP contribution in [0, 0.1) is 11.6 Å². The van der Waals surface area contributed by atoms with E-state index in [-0.39, 0.29) is 17.0 Å². The summed E-state index contributed by atoms with van der Waals surface area (Å²) in [4.78, 5) is 31.6. The number of carbonyl (C=O) groups is 2. The number of Topliss-reactive ketones (excluding diaryl/α,β-unsaturated/α-hetero) is 1. The number of methoxy groups -OCH3 is 1. The molecule has 0 saturated carbocycles. The van der Waals surface area contributed by atoms with Crippen molar-refractivity contribution in [3.63, 3.8) is 0 Å². The summed E-state index contributed by atoms with van der Waals surface area (Å²) in [6, 6.07) is 12.5. The van der Waals surface area contributed by atoms with E-state index in [1.807, 2.05) is 0 Å². The number of rotatable bonds is 5. The van der Waals surface area contributed by atoms with Gasteiger partial charge >= 0.3 is 0 Å². The zero-order chi connectivity index (χ0) is 24.0. The van der Waals surface area contributed by atoms with Crippen LogP contribution >= 0.6 is 0 Å². The van der Waals surface area contributed by atoms with Crippen LogP contribution in [-0.4, -0.2) is 28.9 Å². The Kier molecular flexibility index (Phi) is 5.09. The number of halogens is 2. The maximum absolute atomic E-state index is 14.7. The number of carbonyl (C=O) groups excluding carboxylic acids is 2. The zero-order valence-corrected chi connectivity index (χ0v) is 17.7. The number of ether oxygens (including phenoxy) is 1. The predicted octanol–water partition coefficient (Wildman–Crippen LogP) is 4.90. The fraction of sp³-hybridized carbons (Fsp3) is 0.0800. The lowest BCUT2D eigenvalue weighted by Gasteiger charge is -2.26. The predicted molar refractivity (Wildman–Crippen MR) is 118 cm³/mol. The van der Waals surface area contributed by atoms with Gasteiger partial charge in [-0.15, -0.1) is 0 Å². The molecule has 2 aromatic carbocycles. The highest BCUT2D eigenvalue weighted by molar-refractivity contribution is 6.20. The molecule has 9 heteroatoms. The smallest absolute Gasteiger partial charge is 0.294 e. The van der Waals surface area contributed by atoms with Gasteiger partial charge in [-0.1, -0.05) is 18.2 Å². The summed E-state index contributed by atoms with van der Waals surface area (Å²) >= 11 is 0. The molecule has 1 atom stereocenters. The van der Waals surface area contributed by atoms with E-state index in [4.69, 9.17) is 9.15 Å². The molecule has 0 radical (unpaired) electrons. The molecular formula is C25H16F2N2O5. The van der Waals surface area contributed by atoms with E-state index < -0.39 is 40.8 Å². The van der Waals surface area contributed by atoms with E-state index in [1.165, 1.54) is 25.4 Å². The number of hydrogen-bond acceptors (Lipinski definition) is 6. The number of nitrogens with zero attached hydrogens (tertiary/aromatic N) is 2. The van der Waals surface area contributed by atoms with Crippen molar-refractivity contribution in [2.75, 3.05) is 12.0 Å². The van der Waals surface area contributed by atoms with Crippen LogP contribution in [0.15, 0.2) is 82.6 Å². The maximum atomic E-state index is 14.7. The van der Waals surface area contributed by atoms with Gasteiger partial charge in [0.05, 0.1) is 24.1 Å². The Labute approximate surface area is 191 Å². The van der Waals surface area contributed by atoms with Crippen LogP contribution in [0.2, 0.25) is 0 Å². The zero-order valence-electron chi connectivity index (χ0n) is 17.7. The van der Waals surface area contributed by atoms with Crippen LogP contribution in [0.4, 0.5) is 14.5 Å². The van der Waals surface area contributed by atoms with E-state index in [1.54, 1.807) is 30.3 Å². The Morgan fingerprint density at radius 3 is 2.68 bits per heavy atom. The summed E-state index contributed by atoms with van der Waals surface area (Å²) in [5.41, 5.74) is -0.340. The van der Waals surface area contributed by atoms with E-state index >= 15 is 0 Å². The van der Waals surface area contributed by atoms with Gasteiger partial charge in [-0.05, 0) is 36.4 Å². The molecule has 0 spiro atoms. The Bertz CT molecular complexity index is 1480. The SMILES string of the molecule is COc1cccc2cc(C(=O)C3=C(O)C(=O)N(c4cc(F)ccc4F)C3c3ccccn3)oc12. The third-order valence-electron chi connectivity index (χ3n) is 5.54. The molecule has 1 aliphatic heterocycles.